The summed E-state index contributed by atoms with van der Waals surface area (Å²) in [7, 11) is 1.82. The fraction of sp³-hybridized carbons (Fsp3) is 0.571. The van der Waals surface area contributed by atoms with Crippen molar-refractivity contribution in [3.63, 3.8) is 0 Å². The average Bonchev–Trinajstić information content (AvgIpc) is 2.94. The van der Waals surface area contributed by atoms with Gasteiger partial charge in [0.15, 0.2) is 5.76 Å². The Morgan fingerprint density at radius 2 is 2.16 bits per heavy atom. The summed E-state index contributed by atoms with van der Waals surface area (Å²) in [5.74, 6) is 0.184. The highest BCUT2D eigenvalue weighted by Gasteiger charge is 2.09. The topological polar surface area (TPSA) is 62.6 Å². The molecule has 0 aliphatic rings. The Bertz CT molecular complexity index is 387. The number of carbonyl (C=O) groups excluding carboxylic acids is 2. The number of rotatable bonds is 8. The number of hydrogen-bond donors (Lipinski definition) is 1. The van der Waals surface area contributed by atoms with E-state index in [1.807, 2.05) is 7.05 Å². The van der Waals surface area contributed by atoms with Gasteiger partial charge in [0.05, 0.1) is 6.26 Å². The van der Waals surface area contributed by atoms with E-state index in [2.05, 4.69) is 12.2 Å². The van der Waals surface area contributed by atoms with Crippen molar-refractivity contribution in [2.75, 3.05) is 20.1 Å². The minimum absolute atomic E-state index is 0.126. The molecular weight excluding hydrogens is 244 g/mol. The minimum atomic E-state index is -0.239. The van der Waals surface area contributed by atoms with Gasteiger partial charge in [-0.1, -0.05) is 13.3 Å². The molecule has 1 aromatic heterocycles. The van der Waals surface area contributed by atoms with Crippen molar-refractivity contribution in [1.29, 1.82) is 0 Å². The zero-order valence-electron chi connectivity index (χ0n) is 11.6. The molecule has 0 aliphatic heterocycles. The van der Waals surface area contributed by atoms with Gasteiger partial charge in [-0.05, 0) is 25.0 Å². The normalized spacial score (nSPS) is 10.2. The molecule has 2 amide bonds. The standard InChI is InChI=1S/C14H22N2O3/c1-3-4-10-16(2)13(17)8-5-9-15-14(18)12-7-6-11-19-12/h6-7,11H,3-5,8-10H2,1-2H3,(H,15,18). The Hall–Kier alpha value is -1.78. The second-order valence-electron chi connectivity index (χ2n) is 4.51. The SMILES string of the molecule is CCCCN(C)C(=O)CCCNC(=O)c1ccco1. The molecule has 0 fully saturated rings. The first-order valence-electron chi connectivity index (χ1n) is 6.70. The predicted molar refractivity (Wildman–Crippen MR) is 72.8 cm³/mol. The molecule has 0 aliphatic carbocycles. The number of carbonyl (C=O) groups is 2. The maximum absolute atomic E-state index is 11.7. The molecule has 1 N–H and O–H groups in total. The maximum Gasteiger partial charge on any atom is 0.286 e. The fourth-order valence-corrected chi connectivity index (χ4v) is 1.65. The number of nitrogens with one attached hydrogen (secondary N) is 1. The minimum Gasteiger partial charge on any atom is -0.459 e. The summed E-state index contributed by atoms with van der Waals surface area (Å²) >= 11 is 0. The van der Waals surface area contributed by atoms with Crippen LogP contribution in [0.3, 0.4) is 0 Å². The van der Waals surface area contributed by atoms with Crippen molar-refractivity contribution in [3.05, 3.63) is 24.2 Å². The van der Waals surface area contributed by atoms with E-state index in [-0.39, 0.29) is 11.8 Å². The molecule has 0 saturated heterocycles. The van der Waals surface area contributed by atoms with E-state index >= 15 is 0 Å². The van der Waals surface area contributed by atoms with E-state index in [1.54, 1.807) is 17.0 Å². The van der Waals surface area contributed by atoms with Crippen LogP contribution in [0.2, 0.25) is 0 Å². The van der Waals surface area contributed by atoms with Gasteiger partial charge in [0.1, 0.15) is 0 Å². The first-order chi connectivity index (χ1) is 9.15. The van der Waals surface area contributed by atoms with Gasteiger partial charge in [-0.2, -0.15) is 0 Å². The highest BCUT2D eigenvalue weighted by molar-refractivity contribution is 5.91. The highest BCUT2D eigenvalue weighted by Crippen LogP contribution is 2.00. The Labute approximate surface area is 114 Å². The van der Waals surface area contributed by atoms with Crippen molar-refractivity contribution in [1.82, 2.24) is 10.2 Å². The quantitative estimate of drug-likeness (QED) is 0.732. The molecule has 1 aromatic rings. The Balaban J connectivity index is 2.13. The summed E-state index contributed by atoms with van der Waals surface area (Å²) in [4.78, 5) is 25.0. The molecule has 1 rings (SSSR count). The van der Waals surface area contributed by atoms with Crippen molar-refractivity contribution < 1.29 is 14.0 Å². The van der Waals surface area contributed by atoms with E-state index in [1.165, 1.54) is 6.26 Å². The Morgan fingerprint density at radius 1 is 1.37 bits per heavy atom. The van der Waals surface area contributed by atoms with E-state index < -0.39 is 0 Å². The first-order valence-corrected chi connectivity index (χ1v) is 6.70. The van der Waals surface area contributed by atoms with Crippen LogP contribution in [-0.2, 0) is 4.79 Å². The van der Waals surface area contributed by atoms with E-state index in [0.717, 1.165) is 19.4 Å². The van der Waals surface area contributed by atoms with Crippen molar-refractivity contribution >= 4 is 11.8 Å². The van der Waals surface area contributed by atoms with Gasteiger partial charge in [-0.15, -0.1) is 0 Å². The number of unbranched alkanes of at least 4 members (excludes halogenated alkanes) is 1. The van der Waals surface area contributed by atoms with Crippen LogP contribution in [-0.4, -0.2) is 36.9 Å². The summed E-state index contributed by atoms with van der Waals surface area (Å²) in [5.41, 5.74) is 0. The lowest BCUT2D eigenvalue weighted by Crippen LogP contribution is -2.29. The Kier molecular flexibility index (Phi) is 6.71. The maximum atomic E-state index is 11.7. The van der Waals surface area contributed by atoms with Crippen LogP contribution >= 0.6 is 0 Å². The van der Waals surface area contributed by atoms with Crippen LogP contribution in [0.5, 0.6) is 0 Å². The van der Waals surface area contributed by atoms with Gasteiger partial charge in [-0.3, -0.25) is 9.59 Å². The van der Waals surface area contributed by atoms with Crippen LogP contribution in [0, 0.1) is 0 Å². The largest absolute Gasteiger partial charge is 0.459 e. The molecule has 5 heteroatoms. The van der Waals surface area contributed by atoms with Crippen molar-refractivity contribution in [2.24, 2.45) is 0 Å². The second-order valence-corrected chi connectivity index (χ2v) is 4.51. The Morgan fingerprint density at radius 3 is 2.79 bits per heavy atom. The summed E-state index contributed by atoms with van der Waals surface area (Å²) in [6.07, 6.45) is 4.66. The molecule has 1 heterocycles. The molecule has 0 saturated carbocycles. The van der Waals surface area contributed by atoms with Crippen LogP contribution in [0.15, 0.2) is 22.8 Å². The summed E-state index contributed by atoms with van der Waals surface area (Å²) < 4.78 is 4.97. The molecule has 5 nitrogen and oxygen atoms in total. The van der Waals surface area contributed by atoms with Crippen LogP contribution < -0.4 is 5.32 Å². The molecule has 0 aromatic carbocycles. The van der Waals surface area contributed by atoms with Crippen LogP contribution in [0.4, 0.5) is 0 Å². The van der Waals surface area contributed by atoms with Gasteiger partial charge in [0, 0.05) is 26.6 Å². The van der Waals surface area contributed by atoms with E-state index in [4.69, 9.17) is 4.42 Å². The monoisotopic (exact) mass is 266 g/mol. The molecule has 0 unspecified atom stereocenters. The van der Waals surface area contributed by atoms with Crippen molar-refractivity contribution in [2.45, 2.75) is 32.6 Å². The lowest BCUT2D eigenvalue weighted by molar-refractivity contribution is -0.130. The number of hydrogen-bond acceptors (Lipinski definition) is 3. The van der Waals surface area contributed by atoms with Crippen LogP contribution in [0.25, 0.3) is 0 Å². The molecule has 106 valence electrons. The van der Waals surface area contributed by atoms with Crippen LogP contribution in [0.1, 0.15) is 43.2 Å². The molecule has 0 bridgehead atoms. The van der Waals surface area contributed by atoms with Gasteiger partial charge in [0.25, 0.3) is 5.91 Å². The molecule has 0 atom stereocenters. The van der Waals surface area contributed by atoms with Gasteiger partial charge >= 0.3 is 0 Å². The highest BCUT2D eigenvalue weighted by atomic mass is 16.3. The van der Waals surface area contributed by atoms with Gasteiger partial charge < -0.3 is 14.6 Å². The first kappa shape index (κ1) is 15.3. The average molecular weight is 266 g/mol. The number of nitrogens with zero attached hydrogens (tertiary/aromatic N) is 1. The second kappa shape index (κ2) is 8.34. The van der Waals surface area contributed by atoms with Crippen molar-refractivity contribution in [3.8, 4) is 0 Å². The lowest BCUT2D eigenvalue weighted by Gasteiger charge is -2.16. The summed E-state index contributed by atoms with van der Waals surface area (Å²) in [6.45, 7) is 3.38. The molecule has 0 radical (unpaired) electrons. The molecule has 19 heavy (non-hydrogen) atoms. The third kappa shape index (κ3) is 5.59. The molecular formula is C14H22N2O3. The fourth-order valence-electron chi connectivity index (χ4n) is 1.65. The zero-order chi connectivity index (χ0) is 14.1. The predicted octanol–water partition coefficient (Wildman–Crippen LogP) is 2.05. The van der Waals surface area contributed by atoms with Gasteiger partial charge in [0.2, 0.25) is 5.91 Å². The number of furan rings is 1. The molecule has 0 spiro atoms. The smallest absolute Gasteiger partial charge is 0.286 e. The third-order valence-corrected chi connectivity index (χ3v) is 2.87. The van der Waals surface area contributed by atoms with E-state index in [9.17, 15) is 9.59 Å². The zero-order valence-corrected chi connectivity index (χ0v) is 11.6. The summed E-state index contributed by atoms with van der Waals surface area (Å²) in [6, 6.07) is 3.28. The summed E-state index contributed by atoms with van der Waals surface area (Å²) in [5, 5.41) is 2.72. The van der Waals surface area contributed by atoms with Gasteiger partial charge in [-0.25, -0.2) is 0 Å². The van der Waals surface area contributed by atoms with E-state index in [0.29, 0.717) is 25.1 Å². The third-order valence-electron chi connectivity index (χ3n) is 2.87. The number of amides is 2. The lowest BCUT2D eigenvalue weighted by atomic mass is 10.2.